The molecule has 1 aliphatic heterocycles. The molecule has 0 bridgehead atoms. The van der Waals surface area contributed by atoms with Crippen molar-refractivity contribution >= 4 is 0 Å². The van der Waals surface area contributed by atoms with Crippen molar-refractivity contribution in [1.29, 1.82) is 0 Å². The maximum absolute atomic E-state index is 11.9. The molecule has 1 aliphatic rings. The number of likely N-dealkylation sites (tertiary alicyclic amines) is 1. The first-order valence-electron chi connectivity index (χ1n) is 3.81. The lowest BCUT2D eigenvalue weighted by Gasteiger charge is -2.19. The number of nitrogens with zero attached hydrogens (tertiary/aromatic N) is 1. The number of halogens is 1. The first kappa shape index (κ1) is 7.73. The third kappa shape index (κ3) is 1.57. The van der Waals surface area contributed by atoms with Crippen LogP contribution in [0.1, 0.15) is 12.8 Å². The van der Waals surface area contributed by atoms with E-state index in [1.165, 1.54) is 6.42 Å². The maximum Gasteiger partial charge on any atom is 0.102 e. The fraction of sp³-hybridized carbons (Fsp3) is 0.750. The van der Waals surface area contributed by atoms with E-state index in [0.29, 0.717) is 12.6 Å². The van der Waals surface area contributed by atoms with Gasteiger partial charge in [0.15, 0.2) is 0 Å². The Morgan fingerprint density at radius 3 is 3.10 bits per heavy atom. The molecule has 1 fully saturated rings. The van der Waals surface area contributed by atoms with Crippen LogP contribution in [0.25, 0.3) is 0 Å². The van der Waals surface area contributed by atoms with Crippen LogP contribution < -0.4 is 0 Å². The Balaban J connectivity index is 2.34. The summed E-state index contributed by atoms with van der Waals surface area (Å²) in [6, 6.07) is 0.441. The van der Waals surface area contributed by atoms with Gasteiger partial charge in [0.25, 0.3) is 0 Å². The van der Waals surface area contributed by atoms with Gasteiger partial charge in [-0.2, -0.15) is 0 Å². The monoisotopic (exact) mass is 143 g/mol. The Kier molecular flexibility index (Phi) is 2.87. The summed E-state index contributed by atoms with van der Waals surface area (Å²) in [5, 5.41) is 0. The van der Waals surface area contributed by atoms with Gasteiger partial charge >= 0.3 is 0 Å². The summed E-state index contributed by atoms with van der Waals surface area (Å²) in [5.74, 6) is 0. The van der Waals surface area contributed by atoms with Gasteiger partial charge < -0.3 is 0 Å². The van der Waals surface area contributed by atoms with Gasteiger partial charge in [0, 0.05) is 12.6 Å². The van der Waals surface area contributed by atoms with Gasteiger partial charge in [-0.3, -0.25) is 4.90 Å². The minimum absolute atomic E-state index is 0.232. The molecule has 1 rings (SSSR count). The van der Waals surface area contributed by atoms with E-state index in [-0.39, 0.29) is 6.67 Å². The second kappa shape index (κ2) is 3.71. The largest absolute Gasteiger partial charge is 0.294 e. The van der Waals surface area contributed by atoms with E-state index < -0.39 is 0 Å². The van der Waals surface area contributed by atoms with Crippen molar-refractivity contribution in [2.45, 2.75) is 18.9 Å². The Bertz CT molecular complexity index is 114. The summed E-state index contributed by atoms with van der Waals surface area (Å²) in [6.07, 6.45) is 4.27. The molecule has 1 nitrogen and oxygen atoms in total. The van der Waals surface area contributed by atoms with Gasteiger partial charge in [0.1, 0.15) is 6.67 Å². The highest BCUT2D eigenvalue weighted by atomic mass is 19.1. The molecule has 1 unspecified atom stereocenters. The zero-order valence-electron chi connectivity index (χ0n) is 6.22. The van der Waals surface area contributed by atoms with Crippen LogP contribution in [0.2, 0.25) is 0 Å². The molecular weight excluding hydrogens is 129 g/mol. The Labute approximate surface area is 61.5 Å². The van der Waals surface area contributed by atoms with E-state index in [9.17, 15) is 4.39 Å². The summed E-state index contributed by atoms with van der Waals surface area (Å²) >= 11 is 0. The molecule has 0 spiro atoms. The van der Waals surface area contributed by atoms with Crippen LogP contribution in [-0.4, -0.2) is 30.7 Å². The topological polar surface area (TPSA) is 3.24 Å². The molecule has 1 saturated heterocycles. The van der Waals surface area contributed by atoms with Crippen LogP contribution in [0.5, 0.6) is 0 Å². The van der Waals surface area contributed by atoms with Gasteiger partial charge in [-0.05, 0) is 19.4 Å². The molecule has 0 aromatic heterocycles. The average Bonchev–Trinajstić information content (AvgIpc) is 2.36. The van der Waals surface area contributed by atoms with Crippen molar-refractivity contribution in [2.75, 3.05) is 19.8 Å². The molecule has 58 valence electrons. The zero-order chi connectivity index (χ0) is 7.40. The zero-order valence-corrected chi connectivity index (χ0v) is 6.22. The molecule has 1 heterocycles. The molecule has 0 saturated carbocycles. The molecule has 0 aliphatic carbocycles. The van der Waals surface area contributed by atoms with Crippen molar-refractivity contribution < 1.29 is 4.39 Å². The van der Waals surface area contributed by atoms with Crippen LogP contribution in [-0.2, 0) is 0 Å². The van der Waals surface area contributed by atoms with Crippen LogP contribution in [0, 0.1) is 0 Å². The van der Waals surface area contributed by atoms with Crippen molar-refractivity contribution in [3.63, 3.8) is 0 Å². The highest BCUT2D eigenvalue weighted by Gasteiger charge is 2.20. The summed E-state index contributed by atoms with van der Waals surface area (Å²) in [4.78, 5) is 2.15. The molecule has 0 N–H and O–H groups in total. The van der Waals surface area contributed by atoms with E-state index >= 15 is 0 Å². The van der Waals surface area contributed by atoms with E-state index in [2.05, 4.69) is 11.5 Å². The van der Waals surface area contributed by atoms with E-state index in [1.54, 1.807) is 0 Å². The quantitative estimate of drug-likeness (QED) is 0.542. The smallest absolute Gasteiger partial charge is 0.102 e. The maximum atomic E-state index is 11.9. The van der Waals surface area contributed by atoms with Crippen molar-refractivity contribution in [2.24, 2.45) is 0 Å². The van der Waals surface area contributed by atoms with E-state index in [0.717, 1.165) is 13.0 Å². The van der Waals surface area contributed by atoms with E-state index in [1.807, 2.05) is 6.08 Å². The summed E-state index contributed by atoms with van der Waals surface area (Å²) in [5.41, 5.74) is 0. The molecule has 0 aromatic rings. The van der Waals surface area contributed by atoms with Crippen molar-refractivity contribution in [3.05, 3.63) is 12.7 Å². The number of alkyl halides is 1. The van der Waals surface area contributed by atoms with Gasteiger partial charge in [-0.15, -0.1) is 6.58 Å². The first-order valence-corrected chi connectivity index (χ1v) is 3.81. The fourth-order valence-electron chi connectivity index (χ4n) is 1.51. The summed E-state index contributed by atoms with van der Waals surface area (Å²) in [7, 11) is 0. The Hall–Kier alpha value is -0.370. The predicted molar refractivity (Wildman–Crippen MR) is 40.8 cm³/mol. The van der Waals surface area contributed by atoms with Crippen LogP contribution in [0.3, 0.4) is 0 Å². The fourth-order valence-corrected chi connectivity index (χ4v) is 1.51. The van der Waals surface area contributed by atoms with Gasteiger partial charge in [0.2, 0.25) is 0 Å². The van der Waals surface area contributed by atoms with E-state index in [4.69, 9.17) is 0 Å². The molecular formula is C8H14FN. The van der Waals surface area contributed by atoms with Crippen molar-refractivity contribution in [3.8, 4) is 0 Å². The number of hydrogen-bond acceptors (Lipinski definition) is 1. The van der Waals surface area contributed by atoms with Gasteiger partial charge in [0.05, 0.1) is 0 Å². The molecule has 1 atom stereocenters. The second-order valence-corrected chi connectivity index (χ2v) is 2.67. The molecule has 0 radical (unpaired) electrons. The number of hydrogen-bond donors (Lipinski definition) is 0. The highest BCUT2D eigenvalue weighted by Crippen LogP contribution is 2.16. The highest BCUT2D eigenvalue weighted by molar-refractivity contribution is 4.91. The van der Waals surface area contributed by atoms with Crippen molar-refractivity contribution in [1.82, 2.24) is 4.90 Å². The molecule has 2 heteroatoms. The lowest BCUT2D eigenvalue weighted by atomic mass is 10.2. The second-order valence-electron chi connectivity index (χ2n) is 2.67. The van der Waals surface area contributed by atoms with Gasteiger partial charge in [-0.1, -0.05) is 6.08 Å². The molecule has 0 aromatic carbocycles. The molecule has 0 amide bonds. The normalized spacial score (nSPS) is 27.1. The lowest BCUT2D eigenvalue weighted by molar-refractivity contribution is 0.260. The average molecular weight is 143 g/mol. The van der Waals surface area contributed by atoms with Crippen LogP contribution >= 0.6 is 0 Å². The third-order valence-electron chi connectivity index (χ3n) is 2.06. The minimum Gasteiger partial charge on any atom is -0.294 e. The predicted octanol–water partition coefficient (Wildman–Crippen LogP) is 1.61. The first-order chi connectivity index (χ1) is 4.88. The SMILES string of the molecule is C=CC1CCCN1CCF. The third-order valence-corrected chi connectivity index (χ3v) is 2.06. The summed E-state index contributed by atoms with van der Waals surface area (Å²) in [6.45, 7) is 5.10. The standard InChI is InChI=1S/C8H14FN/c1-2-8-4-3-6-10(8)7-5-9/h2,8H,1,3-7H2. The Morgan fingerprint density at radius 2 is 2.50 bits per heavy atom. The molecule has 10 heavy (non-hydrogen) atoms. The minimum atomic E-state index is -0.232. The lowest BCUT2D eigenvalue weighted by Crippen LogP contribution is -2.29. The Morgan fingerprint density at radius 1 is 1.70 bits per heavy atom. The number of rotatable bonds is 3. The van der Waals surface area contributed by atoms with Crippen LogP contribution in [0.15, 0.2) is 12.7 Å². The van der Waals surface area contributed by atoms with Gasteiger partial charge in [-0.25, -0.2) is 4.39 Å². The van der Waals surface area contributed by atoms with Crippen LogP contribution in [0.4, 0.5) is 4.39 Å². The summed E-state index contributed by atoms with van der Waals surface area (Å²) < 4.78 is 11.9.